The van der Waals surface area contributed by atoms with Crippen LogP contribution in [-0.4, -0.2) is 11.9 Å². The molecule has 0 spiro atoms. The molecule has 2 fully saturated rings. The Hall–Kier alpha value is -1.13. The smallest absolute Gasteiger partial charge is 0.221 e. The van der Waals surface area contributed by atoms with Gasteiger partial charge in [-0.3, -0.25) is 4.79 Å². The normalized spacial score (nSPS) is 26.0. The first-order valence-electron chi connectivity index (χ1n) is 7.42. The quantitative estimate of drug-likeness (QED) is 0.898. The van der Waals surface area contributed by atoms with E-state index in [-0.39, 0.29) is 35.7 Å². The SMILES string of the molecule is Cl.N[C@@H]1CCC[C@H]1CC(=O)NC1(c2cccc(F)c2)CC1. The number of carbonyl (C=O) groups is 1. The third kappa shape index (κ3) is 3.55. The van der Waals surface area contributed by atoms with Crippen LogP contribution in [0.25, 0.3) is 0 Å². The minimum Gasteiger partial charge on any atom is -0.347 e. The summed E-state index contributed by atoms with van der Waals surface area (Å²) in [6.45, 7) is 0. The lowest BCUT2D eigenvalue weighted by atomic mass is 9.98. The molecule has 1 aromatic rings. The second kappa shape index (κ2) is 6.32. The van der Waals surface area contributed by atoms with E-state index in [9.17, 15) is 9.18 Å². The second-order valence-electron chi connectivity index (χ2n) is 6.20. The van der Waals surface area contributed by atoms with Crippen molar-refractivity contribution in [3.05, 3.63) is 35.6 Å². The van der Waals surface area contributed by atoms with Crippen molar-refractivity contribution in [3.8, 4) is 0 Å². The molecule has 2 saturated carbocycles. The average molecular weight is 313 g/mol. The molecule has 0 aromatic heterocycles. The summed E-state index contributed by atoms with van der Waals surface area (Å²) in [5.41, 5.74) is 6.55. The van der Waals surface area contributed by atoms with Crippen molar-refractivity contribution in [1.29, 1.82) is 0 Å². The van der Waals surface area contributed by atoms with Crippen molar-refractivity contribution in [1.82, 2.24) is 5.32 Å². The van der Waals surface area contributed by atoms with Crippen LogP contribution in [0.1, 0.15) is 44.1 Å². The summed E-state index contributed by atoms with van der Waals surface area (Å²) in [7, 11) is 0. The molecule has 0 saturated heterocycles. The van der Waals surface area contributed by atoms with Gasteiger partial charge in [0.05, 0.1) is 5.54 Å². The van der Waals surface area contributed by atoms with Crippen LogP contribution in [0.5, 0.6) is 0 Å². The molecule has 116 valence electrons. The minimum absolute atomic E-state index is 0. The van der Waals surface area contributed by atoms with Crippen molar-refractivity contribution in [2.45, 2.75) is 50.1 Å². The Morgan fingerprint density at radius 1 is 1.38 bits per heavy atom. The van der Waals surface area contributed by atoms with Crippen LogP contribution < -0.4 is 11.1 Å². The fraction of sp³-hybridized carbons (Fsp3) is 0.562. The van der Waals surface area contributed by atoms with Gasteiger partial charge in [-0.15, -0.1) is 12.4 Å². The Bertz CT molecular complexity index is 519. The maximum absolute atomic E-state index is 13.3. The molecule has 0 unspecified atom stereocenters. The predicted molar refractivity (Wildman–Crippen MR) is 82.6 cm³/mol. The molecule has 3 N–H and O–H groups in total. The van der Waals surface area contributed by atoms with Gasteiger partial charge in [0, 0.05) is 12.5 Å². The molecule has 21 heavy (non-hydrogen) atoms. The van der Waals surface area contributed by atoms with Gasteiger partial charge in [0.25, 0.3) is 0 Å². The summed E-state index contributed by atoms with van der Waals surface area (Å²) in [6, 6.07) is 6.69. The lowest BCUT2D eigenvalue weighted by molar-refractivity contribution is -0.123. The van der Waals surface area contributed by atoms with Crippen LogP contribution in [0.15, 0.2) is 24.3 Å². The number of hydrogen-bond acceptors (Lipinski definition) is 2. The highest BCUT2D eigenvalue weighted by molar-refractivity contribution is 5.85. The molecule has 1 aromatic carbocycles. The van der Waals surface area contributed by atoms with E-state index in [0.717, 1.165) is 37.7 Å². The highest BCUT2D eigenvalue weighted by atomic mass is 35.5. The van der Waals surface area contributed by atoms with E-state index in [0.29, 0.717) is 12.3 Å². The Balaban J connectivity index is 0.00000161. The van der Waals surface area contributed by atoms with Crippen molar-refractivity contribution in [2.75, 3.05) is 0 Å². The van der Waals surface area contributed by atoms with E-state index in [1.54, 1.807) is 6.07 Å². The molecular weight excluding hydrogens is 291 g/mol. The van der Waals surface area contributed by atoms with E-state index in [1.807, 2.05) is 6.07 Å². The van der Waals surface area contributed by atoms with Crippen molar-refractivity contribution in [2.24, 2.45) is 11.7 Å². The standard InChI is InChI=1S/C16H21FN2O.ClH/c17-13-5-2-4-12(10-13)16(7-8-16)19-15(20)9-11-3-1-6-14(11)18;/h2,4-5,10-11,14H,1,3,6-9,18H2,(H,19,20);1H/t11-,14+;/m0./s1. The van der Waals surface area contributed by atoms with Gasteiger partial charge in [-0.2, -0.15) is 0 Å². The van der Waals surface area contributed by atoms with Crippen molar-refractivity contribution >= 4 is 18.3 Å². The minimum atomic E-state index is -0.331. The average Bonchev–Trinajstić information content (AvgIpc) is 3.08. The van der Waals surface area contributed by atoms with Gasteiger partial charge in [0.15, 0.2) is 0 Å². The van der Waals surface area contributed by atoms with Gasteiger partial charge in [-0.25, -0.2) is 4.39 Å². The Kier molecular flexibility index (Phi) is 4.89. The highest BCUT2D eigenvalue weighted by Crippen LogP contribution is 2.45. The Morgan fingerprint density at radius 2 is 2.14 bits per heavy atom. The van der Waals surface area contributed by atoms with Gasteiger partial charge >= 0.3 is 0 Å². The van der Waals surface area contributed by atoms with E-state index in [4.69, 9.17) is 5.73 Å². The molecule has 2 aliphatic rings. The van der Waals surface area contributed by atoms with Crippen LogP contribution >= 0.6 is 12.4 Å². The van der Waals surface area contributed by atoms with Crippen LogP contribution in [0, 0.1) is 11.7 Å². The van der Waals surface area contributed by atoms with Gasteiger partial charge in [0.1, 0.15) is 5.82 Å². The van der Waals surface area contributed by atoms with E-state index in [1.165, 1.54) is 12.1 Å². The molecule has 0 bridgehead atoms. The van der Waals surface area contributed by atoms with E-state index < -0.39 is 0 Å². The third-order valence-electron chi connectivity index (χ3n) is 4.67. The van der Waals surface area contributed by atoms with Gasteiger partial charge in [-0.05, 0) is 49.3 Å². The number of halogens is 2. The van der Waals surface area contributed by atoms with E-state index in [2.05, 4.69) is 5.32 Å². The van der Waals surface area contributed by atoms with Crippen LogP contribution in [-0.2, 0) is 10.3 Å². The number of rotatable bonds is 4. The lowest BCUT2D eigenvalue weighted by Gasteiger charge is -2.21. The zero-order valence-corrected chi connectivity index (χ0v) is 12.8. The second-order valence-corrected chi connectivity index (χ2v) is 6.20. The number of hydrogen-bond donors (Lipinski definition) is 2. The monoisotopic (exact) mass is 312 g/mol. The third-order valence-corrected chi connectivity index (χ3v) is 4.67. The molecule has 1 amide bonds. The molecule has 3 nitrogen and oxygen atoms in total. The van der Waals surface area contributed by atoms with Crippen molar-refractivity contribution < 1.29 is 9.18 Å². The fourth-order valence-electron chi connectivity index (χ4n) is 3.27. The molecule has 0 heterocycles. The van der Waals surface area contributed by atoms with Gasteiger partial charge < -0.3 is 11.1 Å². The van der Waals surface area contributed by atoms with Crippen LogP contribution in [0.3, 0.4) is 0 Å². The summed E-state index contributed by atoms with van der Waals surface area (Å²) in [4.78, 5) is 12.2. The maximum Gasteiger partial charge on any atom is 0.221 e. The van der Waals surface area contributed by atoms with Crippen LogP contribution in [0.4, 0.5) is 4.39 Å². The first-order chi connectivity index (χ1) is 9.59. The summed E-state index contributed by atoms with van der Waals surface area (Å²) >= 11 is 0. The Morgan fingerprint density at radius 3 is 2.71 bits per heavy atom. The zero-order chi connectivity index (χ0) is 14.2. The summed E-state index contributed by atoms with van der Waals surface area (Å²) in [5, 5.41) is 3.10. The van der Waals surface area contributed by atoms with Gasteiger partial charge in [-0.1, -0.05) is 18.6 Å². The molecule has 2 aliphatic carbocycles. The Labute approximate surface area is 130 Å². The molecule has 0 radical (unpaired) electrons. The zero-order valence-electron chi connectivity index (χ0n) is 12.0. The summed E-state index contributed by atoms with van der Waals surface area (Å²) in [6.07, 6.45) is 5.46. The lowest BCUT2D eigenvalue weighted by Crippen LogP contribution is -2.37. The molecular formula is C16H22ClFN2O. The number of nitrogens with one attached hydrogen (secondary N) is 1. The first-order valence-corrected chi connectivity index (χ1v) is 7.42. The number of amides is 1. The largest absolute Gasteiger partial charge is 0.347 e. The summed E-state index contributed by atoms with van der Waals surface area (Å²) < 4.78 is 13.3. The molecule has 3 rings (SSSR count). The van der Waals surface area contributed by atoms with Crippen molar-refractivity contribution in [3.63, 3.8) is 0 Å². The maximum atomic E-state index is 13.3. The number of carbonyl (C=O) groups excluding carboxylic acids is 1. The number of benzene rings is 1. The molecule has 2 atom stereocenters. The fourth-order valence-corrected chi connectivity index (χ4v) is 3.27. The topological polar surface area (TPSA) is 55.1 Å². The first kappa shape index (κ1) is 16.2. The predicted octanol–water partition coefficient (Wildman–Crippen LogP) is 2.87. The van der Waals surface area contributed by atoms with Crippen LogP contribution in [0.2, 0.25) is 0 Å². The molecule has 0 aliphatic heterocycles. The highest BCUT2D eigenvalue weighted by Gasteiger charge is 2.46. The van der Waals surface area contributed by atoms with Gasteiger partial charge in [0.2, 0.25) is 5.91 Å². The summed E-state index contributed by atoms with van der Waals surface area (Å²) in [5.74, 6) is 0.105. The number of nitrogens with two attached hydrogens (primary N) is 1. The molecule has 5 heteroatoms. The van der Waals surface area contributed by atoms with E-state index >= 15 is 0 Å².